The molecule has 3 aromatic rings. The third-order valence-corrected chi connectivity index (χ3v) is 5.70. The van der Waals surface area contributed by atoms with Crippen molar-refractivity contribution in [2.24, 2.45) is 0 Å². The molecular formula is C20H22N6O3. The van der Waals surface area contributed by atoms with Gasteiger partial charge >= 0.3 is 0 Å². The summed E-state index contributed by atoms with van der Waals surface area (Å²) >= 11 is 0. The Hall–Kier alpha value is -3.20. The lowest BCUT2D eigenvalue weighted by molar-refractivity contribution is -0.120. The Morgan fingerprint density at radius 1 is 1.24 bits per heavy atom. The summed E-state index contributed by atoms with van der Waals surface area (Å²) in [4.78, 5) is 14.4. The highest BCUT2D eigenvalue weighted by Crippen LogP contribution is 2.34. The number of aromatic nitrogens is 5. The first-order chi connectivity index (χ1) is 14.2. The number of amides is 1. The molecule has 1 fully saturated rings. The number of aromatic amines is 1. The molecular weight excluding hydrogens is 372 g/mol. The summed E-state index contributed by atoms with van der Waals surface area (Å²) in [6.45, 7) is 2.77. The number of benzene rings is 1. The standard InChI is InChI=1S/C20H22N6O3/c27-19(15-10-21-22-11-15)25-8-6-20(7-9-25)14-26-18(13-29-20)17(23-24-26)12-28-16-4-2-1-3-5-16/h1-5,10-11H,6-9,12-14H2,(H,21,22). The van der Waals surface area contributed by atoms with E-state index in [1.165, 1.54) is 0 Å². The monoisotopic (exact) mass is 394 g/mol. The van der Waals surface area contributed by atoms with Crippen LogP contribution in [0.3, 0.4) is 0 Å². The van der Waals surface area contributed by atoms with Gasteiger partial charge in [-0.3, -0.25) is 9.89 Å². The van der Waals surface area contributed by atoms with Gasteiger partial charge in [-0.1, -0.05) is 23.4 Å². The van der Waals surface area contributed by atoms with Gasteiger partial charge in [-0.05, 0) is 25.0 Å². The number of hydrogen-bond donors (Lipinski definition) is 1. The second-order valence-electron chi connectivity index (χ2n) is 7.49. The fraction of sp³-hybridized carbons (Fsp3) is 0.400. The predicted octanol–water partition coefficient (Wildman–Crippen LogP) is 1.79. The number of rotatable bonds is 4. The average Bonchev–Trinajstić information content (AvgIpc) is 3.43. The van der Waals surface area contributed by atoms with Crippen LogP contribution in [-0.4, -0.2) is 54.7 Å². The highest BCUT2D eigenvalue weighted by atomic mass is 16.5. The smallest absolute Gasteiger partial charge is 0.257 e. The van der Waals surface area contributed by atoms with E-state index >= 15 is 0 Å². The molecule has 0 bridgehead atoms. The van der Waals surface area contributed by atoms with Crippen LogP contribution < -0.4 is 4.74 Å². The summed E-state index contributed by atoms with van der Waals surface area (Å²) in [6, 6.07) is 9.66. The zero-order valence-electron chi connectivity index (χ0n) is 16.0. The lowest BCUT2D eigenvalue weighted by Gasteiger charge is -2.43. The number of likely N-dealkylation sites (tertiary alicyclic amines) is 1. The van der Waals surface area contributed by atoms with Crippen molar-refractivity contribution in [3.63, 3.8) is 0 Å². The van der Waals surface area contributed by atoms with Crippen molar-refractivity contribution in [1.82, 2.24) is 30.1 Å². The van der Waals surface area contributed by atoms with Crippen LogP contribution in [0.2, 0.25) is 0 Å². The second kappa shape index (κ2) is 7.32. The predicted molar refractivity (Wildman–Crippen MR) is 102 cm³/mol. The van der Waals surface area contributed by atoms with Gasteiger partial charge in [0.15, 0.2) is 0 Å². The summed E-state index contributed by atoms with van der Waals surface area (Å²) in [6.07, 6.45) is 4.73. The number of fused-ring (bicyclic) bond motifs is 1. The Labute approximate surface area is 167 Å². The summed E-state index contributed by atoms with van der Waals surface area (Å²) in [5.41, 5.74) is 2.05. The number of nitrogens with one attached hydrogen (secondary N) is 1. The number of carbonyl (C=O) groups is 1. The van der Waals surface area contributed by atoms with E-state index in [9.17, 15) is 4.79 Å². The lowest BCUT2D eigenvalue weighted by Crippen LogP contribution is -2.52. The van der Waals surface area contributed by atoms with Gasteiger partial charge in [0, 0.05) is 19.3 Å². The van der Waals surface area contributed by atoms with Gasteiger partial charge in [-0.25, -0.2) is 4.68 Å². The molecule has 150 valence electrons. The molecule has 5 rings (SSSR count). The first-order valence-corrected chi connectivity index (χ1v) is 9.74. The molecule has 29 heavy (non-hydrogen) atoms. The van der Waals surface area contributed by atoms with Crippen molar-refractivity contribution < 1.29 is 14.3 Å². The molecule has 1 amide bonds. The van der Waals surface area contributed by atoms with Gasteiger partial charge in [-0.2, -0.15) is 5.10 Å². The van der Waals surface area contributed by atoms with Gasteiger partial charge in [0.05, 0.1) is 36.2 Å². The van der Waals surface area contributed by atoms with E-state index < -0.39 is 0 Å². The number of para-hydroxylation sites is 1. The van der Waals surface area contributed by atoms with Gasteiger partial charge in [-0.15, -0.1) is 5.10 Å². The SMILES string of the molecule is O=C(c1cn[nH]c1)N1CCC2(CC1)Cn1nnc(COc3ccccc3)c1CO2. The zero-order chi connectivity index (χ0) is 19.7. The van der Waals surface area contributed by atoms with Gasteiger partial charge < -0.3 is 14.4 Å². The molecule has 2 aliphatic rings. The molecule has 0 saturated carbocycles. The maximum absolute atomic E-state index is 12.5. The third kappa shape index (κ3) is 3.49. The lowest BCUT2D eigenvalue weighted by atomic mass is 9.89. The van der Waals surface area contributed by atoms with E-state index in [1.54, 1.807) is 12.4 Å². The van der Waals surface area contributed by atoms with Crippen LogP contribution in [0.4, 0.5) is 0 Å². The molecule has 9 heteroatoms. The fourth-order valence-electron chi connectivity index (χ4n) is 3.94. The molecule has 1 aromatic carbocycles. The Bertz CT molecular complexity index is 977. The molecule has 2 aromatic heterocycles. The quantitative estimate of drug-likeness (QED) is 0.724. The Kier molecular flexibility index (Phi) is 4.51. The van der Waals surface area contributed by atoms with Crippen molar-refractivity contribution in [3.05, 3.63) is 59.7 Å². The molecule has 0 radical (unpaired) electrons. The van der Waals surface area contributed by atoms with Crippen LogP contribution in [0, 0.1) is 0 Å². The van der Waals surface area contributed by atoms with Gasteiger partial charge in [0.1, 0.15) is 18.1 Å². The maximum Gasteiger partial charge on any atom is 0.257 e. The summed E-state index contributed by atoms with van der Waals surface area (Å²) in [5.74, 6) is 0.809. The highest BCUT2D eigenvalue weighted by molar-refractivity contribution is 5.93. The fourth-order valence-corrected chi connectivity index (χ4v) is 3.94. The van der Waals surface area contributed by atoms with Crippen LogP contribution in [0.5, 0.6) is 5.75 Å². The van der Waals surface area contributed by atoms with E-state index in [4.69, 9.17) is 9.47 Å². The first kappa shape index (κ1) is 17.9. The van der Waals surface area contributed by atoms with E-state index in [-0.39, 0.29) is 11.5 Å². The average molecular weight is 394 g/mol. The molecule has 1 N–H and O–H groups in total. The van der Waals surface area contributed by atoms with Crippen molar-refractivity contribution in [2.45, 2.75) is 38.2 Å². The maximum atomic E-state index is 12.5. The van der Waals surface area contributed by atoms with Crippen LogP contribution in [0.25, 0.3) is 0 Å². The zero-order valence-corrected chi connectivity index (χ0v) is 16.0. The Balaban J connectivity index is 1.22. The minimum Gasteiger partial charge on any atom is -0.487 e. The molecule has 0 aliphatic carbocycles. The first-order valence-electron chi connectivity index (χ1n) is 9.74. The topological polar surface area (TPSA) is 98.2 Å². The van der Waals surface area contributed by atoms with Crippen molar-refractivity contribution >= 4 is 5.91 Å². The highest BCUT2D eigenvalue weighted by Gasteiger charge is 2.41. The number of ether oxygens (including phenoxy) is 2. The molecule has 2 aliphatic heterocycles. The summed E-state index contributed by atoms with van der Waals surface area (Å²) in [5, 5.41) is 15.2. The number of H-pyrrole nitrogens is 1. The van der Waals surface area contributed by atoms with Crippen molar-refractivity contribution in [3.8, 4) is 5.75 Å². The number of carbonyl (C=O) groups excluding carboxylic acids is 1. The Morgan fingerprint density at radius 2 is 2.07 bits per heavy atom. The molecule has 9 nitrogen and oxygen atoms in total. The van der Waals surface area contributed by atoms with Crippen LogP contribution in [-0.2, 0) is 24.5 Å². The molecule has 1 saturated heterocycles. The van der Waals surface area contributed by atoms with E-state index in [1.807, 2.05) is 39.9 Å². The number of hydrogen-bond acceptors (Lipinski definition) is 6. The molecule has 0 atom stereocenters. The van der Waals surface area contributed by atoms with Gasteiger partial charge in [0.25, 0.3) is 5.91 Å². The van der Waals surface area contributed by atoms with E-state index in [2.05, 4.69) is 20.5 Å². The Morgan fingerprint density at radius 3 is 2.83 bits per heavy atom. The largest absolute Gasteiger partial charge is 0.487 e. The molecule has 4 heterocycles. The third-order valence-electron chi connectivity index (χ3n) is 5.70. The van der Waals surface area contributed by atoms with E-state index in [0.717, 1.165) is 30.0 Å². The van der Waals surface area contributed by atoms with Crippen LogP contribution >= 0.6 is 0 Å². The van der Waals surface area contributed by atoms with Crippen LogP contribution in [0.15, 0.2) is 42.7 Å². The number of nitrogens with zero attached hydrogens (tertiary/aromatic N) is 5. The van der Waals surface area contributed by atoms with Crippen molar-refractivity contribution in [1.29, 1.82) is 0 Å². The van der Waals surface area contributed by atoms with Gasteiger partial charge in [0.2, 0.25) is 0 Å². The van der Waals surface area contributed by atoms with Crippen molar-refractivity contribution in [2.75, 3.05) is 13.1 Å². The number of piperidine rings is 1. The normalized spacial score (nSPS) is 17.9. The molecule has 0 unspecified atom stereocenters. The summed E-state index contributed by atoms with van der Waals surface area (Å²) < 4.78 is 14.0. The minimum atomic E-state index is -0.300. The van der Waals surface area contributed by atoms with Crippen LogP contribution in [0.1, 0.15) is 34.6 Å². The molecule has 1 spiro atoms. The van der Waals surface area contributed by atoms with E-state index in [0.29, 0.717) is 38.4 Å². The second-order valence-corrected chi connectivity index (χ2v) is 7.49. The summed E-state index contributed by atoms with van der Waals surface area (Å²) in [7, 11) is 0. The minimum absolute atomic E-state index is 0.00574.